The average Bonchev–Trinajstić information content (AvgIpc) is 3.63. The predicted molar refractivity (Wildman–Crippen MR) is 269 cm³/mol. The van der Waals surface area contributed by atoms with Gasteiger partial charge in [-0.3, -0.25) is 24.0 Å². The molecule has 0 aromatic carbocycles. The molecule has 0 amide bonds. The first kappa shape index (κ1) is 74.5. The minimum absolute atomic E-state index is 0.0741. The summed E-state index contributed by atoms with van der Waals surface area (Å²) in [6, 6.07) is 0. The summed E-state index contributed by atoms with van der Waals surface area (Å²) in [6.07, 6.45) is 4.50. The maximum absolute atomic E-state index is 13.4. The number of alkyl halides is 6. The molecule has 0 saturated heterocycles. The normalized spacial score (nSPS) is 20.5. The number of hydrogen-bond donors (Lipinski definition) is 6. The number of hydrogen-bond acceptors (Lipinski definition) is 17. The highest BCUT2D eigenvalue weighted by Crippen LogP contribution is 2.44. The molecule has 0 aliphatic heterocycles. The lowest BCUT2D eigenvalue weighted by Gasteiger charge is -2.29. The van der Waals surface area contributed by atoms with Crippen LogP contribution in [0, 0.1) is 10.8 Å². The lowest BCUT2D eigenvalue weighted by molar-refractivity contribution is -0.120. The lowest BCUT2D eigenvalue weighted by Crippen LogP contribution is -2.33. The highest BCUT2D eigenvalue weighted by molar-refractivity contribution is 7.96. The molecule has 0 atom stereocenters. The summed E-state index contributed by atoms with van der Waals surface area (Å²) >= 11 is 0. The van der Waals surface area contributed by atoms with E-state index in [0.717, 1.165) is 19.1 Å². The summed E-state index contributed by atoms with van der Waals surface area (Å²) in [4.78, 5) is 51.5. The van der Waals surface area contributed by atoms with Gasteiger partial charge in [-0.15, -0.1) is 0 Å². The van der Waals surface area contributed by atoms with E-state index < -0.39 is 154 Å². The van der Waals surface area contributed by atoms with E-state index in [0.29, 0.717) is 37.7 Å². The minimum Gasteiger partial charge on any atom is -0.423 e. The number of halogens is 12. The van der Waals surface area contributed by atoms with E-state index in [1.165, 1.54) is 13.8 Å². The van der Waals surface area contributed by atoms with E-state index in [2.05, 4.69) is 6.58 Å². The Labute approximate surface area is 459 Å². The molecule has 0 heterocycles. The Bertz CT molecular complexity index is 2980. The number of allylic oxidation sites excluding steroid dienone is 13. The number of rotatable bonds is 6. The number of sulfone groups is 3. The Morgan fingerprint density at radius 3 is 1.14 bits per heavy atom. The Morgan fingerprint density at radius 1 is 0.395 bits per heavy atom. The van der Waals surface area contributed by atoms with E-state index in [1.807, 2.05) is 0 Å². The van der Waals surface area contributed by atoms with Crippen molar-refractivity contribution >= 4 is 79.8 Å². The molecule has 6 aliphatic rings. The van der Waals surface area contributed by atoms with Crippen molar-refractivity contribution in [3.8, 4) is 0 Å². The van der Waals surface area contributed by atoms with Crippen molar-refractivity contribution in [2.24, 2.45) is 10.8 Å². The molecule has 0 unspecified atom stereocenters. The van der Waals surface area contributed by atoms with E-state index in [-0.39, 0.29) is 84.5 Å². The fraction of sp³-hybridized carbons (Fsp3) is 0.587. The van der Waals surface area contributed by atoms with Crippen LogP contribution >= 0.6 is 0 Å². The molecule has 0 aromatic heterocycles. The molecule has 456 valence electrons. The van der Waals surface area contributed by atoms with Crippen LogP contribution in [0.4, 0.5) is 52.7 Å². The molecule has 6 N–H and O–H groups in total. The summed E-state index contributed by atoms with van der Waals surface area (Å²) < 4.78 is 217. The number of carbonyl (C=O) groups is 5. The molecule has 81 heavy (non-hydrogen) atoms. The summed E-state index contributed by atoms with van der Waals surface area (Å²) in [5, 5.41) is 52.1. The van der Waals surface area contributed by atoms with Crippen LogP contribution in [-0.4, -0.2) is 123 Å². The van der Waals surface area contributed by atoms with E-state index >= 15 is 0 Å². The zero-order valence-electron chi connectivity index (χ0n) is 44.1. The smallest absolute Gasteiger partial charge is 0.423 e. The molecule has 17 nitrogen and oxygen atoms in total. The molecule has 35 heteroatoms. The molecule has 6 aliphatic carbocycles. The van der Waals surface area contributed by atoms with Crippen LogP contribution in [0.25, 0.3) is 0 Å². The lowest BCUT2D eigenvalue weighted by atomic mass is 9.65. The van der Waals surface area contributed by atoms with Gasteiger partial charge < -0.3 is 30.1 Å². The van der Waals surface area contributed by atoms with Gasteiger partial charge in [0, 0.05) is 38.4 Å². The van der Waals surface area contributed by atoms with Crippen molar-refractivity contribution in [3.63, 3.8) is 0 Å². The fourth-order valence-electron chi connectivity index (χ4n) is 8.03. The van der Waals surface area contributed by atoms with Crippen molar-refractivity contribution in [1.82, 2.24) is 0 Å². The van der Waals surface area contributed by atoms with Crippen LogP contribution in [0.2, 0.25) is 0 Å². The van der Waals surface area contributed by atoms with Gasteiger partial charge in [0.15, 0.2) is 67.9 Å². The molecular weight excluding hydrogens is 1180 g/mol. The maximum atomic E-state index is 13.4. The second-order valence-corrected chi connectivity index (χ2v) is 26.4. The average molecular weight is 1240 g/mol. The van der Waals surface area contributed by atoms with Gasteiger partial charge in [-0.1, -0.05) is 34.3 Å². The first-order valence-electron chi connectivity index (χ1n) is 24.1. The highest BCUT2D eigenvalue weighted by atomic mass is 32.2. The Balaban J connectivity index is 0.000000489. The van der Waals surface area contributed by atoms with Crippen molar-refractivity contribution < 1.29 is 132 Å². The van der Waals surface area contributed by atoms with Gasteiger partial charge >= 0.3 is 32.4 Å². The van der Waals surface area contributed by atoms with E-state index in [4.69, 9.17) is 30.1 Å². The van der Waals surface area contributed by atoms with Crippen LogP contribution in [0.15, 0.2) is 78.2 Å². The third-order valence-electron chi connectivity index (χ3n) is 12.2. The van der Waals surface area contributed by atoms with Gasteiger partial charge in [-0.05, 0) is 116 Å². The van der Waals surface area contributed by atoms with Crippen LogP contribution in [0.5, 0.6) is 0 Å². The van der Waals surface area contributed by atoms with Crippen molar-refractivity contribution in [1.29, 1.82) is 0 Å². The Hall–Kier alpha value is -4.51. The molecular formula is C46H59B3F12O17S3. The molecule has 0 fully saturated rings. The van der Waals surface area contributed by atoms with Gasteiger partial charge in [-0.25, -0.2) is 51.6 Å². The van der Waals surface area contributed by atoms with Crippen molar-refractivity contribution in [2.45, 2.75) is 154 Å². The summed E-state index contributed by atoms with van der Waals surface area (Å²) in [5.74, 6) is -11.4. The monoisotopic (exact) mass is 1240 g/mol. The van der Waals surface area contributed by atoms with Gasteiger partial charge in [0.25, 0.3) is 19.7 Å². The largest absolute Gasteiger partial charge is 0.501 e. The van der Waals surface area contributed by atoms with Gasteiger partial charge in [0.05, 0.1) is 14.7 Å². The molecule has 0 radical (unpaired) electrons. The summed E-state index contributed by atoms with van der Waals surface area (Å²) in [6.45, 7) is 9.92. The molecule has 6 rings (SSSR count). The fourth-order valence-corrected chi connectivity index (χ4v) is 11.3. The number of Topliss-reactive ketones (excluding diaryl/α,β-unsaturated/α-hetero) is 5. The van der Waals surface area contributed by atoms with Crippen molar-refractivity contribution in [3.05, 3.63) is 78.2 Å². The standard InChI is InChI=1S/C9H10F4O3S.C9H13FO2S.C8H12BFO3.C7H10BFO3.C7H6F4O3S.C6H8BFO3/c1-8(2)3-5(14)7(10)6(4-8)17(15,16)9(11,12)13;1-7-5-3-4-6-8(9(7)10)13(2,11)12;1-8(2)3-5(9(12)13)7(10)6(11)4-8;9-7-5(8(11)12)3-1-2-4-6(7)10;8-6-4(12)2-1-3-5(6)15(13,14)7(9,10)11;8-6-4(7(10)11)2-1-3-5(6)9/h3-4H2,1-2H3;1,3-6H2,2H3;12-13H,3-4H2,1-2H3;11-12H,1-4H2;1-3H2;10-11H,1-3H2. The second kappa shape index (κ2) is 29.8. The van der Waals surface area contributed by atoms with Crippen molar-refractivity contribution in [2.75, 3.05) is 6.26 Å². The topological polar surface area (TPSA) is 309 Å². The number of carbonyl (C=O) groups excluding carboxylic acids is 5. The first-order chi connectivity index (χ1) is 36.6. The summed E-state index contributed by atoms with van der Waals surface area (Å²) in [7, 11) is -20.4. The SMILES string of the molecule is C=C1CCCCC(S(C)(=O)=O)=C1F.CC1(C)CC(=O)C(F)=C(B(O)O)C1.CC1(C)CC(=O)C(F)=C(S(=O)(=O)C(F)(F)F)C1.O=C1CCCC(B(O)O)=C1F.O=C1CCCC(S(=O)(=O)C(F)(F)F)=C1F.O=C1CCCCC(B(O)O)=C1F. The predicted octanol–water partition coefficient (Wildman–Crippen LogP) is 7.64. The zero-order chi connectivity index (χ0) is 63.4. The Morgan fingerprint density at radius 2 is 0.704 bits per heavy atom. The molecule has 0 spiro atoms. The zero-order valence-corrected chi connectivity index (χ0v) is 46.6. The van der Waals surface area contributed by atoms with E-state index in [9.17, 15) is 102 Å². The van der Waals surface area contributed by atoms with Gasteiger partial charge in [0.1, 0.15) is 5.83 Å². The third kappa shape index (κ3) is 21.6. The van der Waals surface area contributed by atoms with Gasteiger partial charge in [0.2, 0.25) is 0 Å². The van der Waals surface area contributed by atoms with Crippen LogP contribution in [0.1, 0.15) is 143 Å². The maximum Gasteiger partial charge on any atom is 0.501 e. The quantitative estimate of drug-likeness (QED) is 0.110. The van der Waals surface area contributed by atoms with Crippen LogP contribution in [-0.2, 0) is 53.5 Å². The van der Waals surface area contributed by atoms with E-state index in [1.54, 1.807) is 13.8 Å². The third-order valence-corrected chi connectivity index (χ3v) is 16.7. The molecule has 0 aromatic rings. The minimum atomic E-state index is -5.77. The first-order valence-corrected chi connectivity index (χ1v) is 29.0. The van der Waals surface area contributed by atoms with Crippen LogP contribution < -0.4 is 0 Å². The molecule has 0 bridgehead atoms. The summed E-state index contributed by atoms with van der Waals surface area (Å²) in [5.41, 5.74) is -12.8. The number of ketones is 5. The molecule has 0 saturated carbocycles. The van der Waals surface area contributed by atoms with Gasteiger partial charge in [-0.2, -0.15) is 26.3 Å². The second-order valence-electron chi connectivity index (χ2n) is 20.4. The highest BCUT2D eigenvalue weighted by Gasteiger charge is 2.53. The Kier molecular flexibility index (Phi) is 27.4. The van der Waals surface area contributed by atoms with Crippen LogP contribution in [0.3, 0.4) is 0 Å².